The van der Waals surface area contributed by atoms with Crippen LogP contribution in [0, 0.1) is 0 Å². The number of nitrogens with one attached hydrogen (secondary N) is 1. The first kappa shape index (κ1) is 51.6. The number of ether oxygens (including phenoxy) is 4. The Bertz CT molecular complexity index is 944. The average molecular weight is 792 g/mol. The van der Waals surface area contributed by atoms with E-state index in [1.54, 1.807) is 0 Å². The van der Waals surface area contributed by atoms with Crippen LogP contribution in [0.15, 0.2) is 0 Å². The van der Waals surface area contributed by atoms with Gasteiger partial charge in [0.15, 0.2) is 0 Å². The van der Waals surface area contributed by atoms with E-state index in [0.29, 0.717) is 13.2 Å². The van der Waals surface area contributed by atoms with Crippen molar-refractivity contribution in [2.45, 2.75) is 223 Å². The molecule has 0 aliphatic carbocycles. The summed E-state index contributed by atoms with van der Waals surface area (Å²) in [5, 5.41) is 65.0. The fourth-order valence-electron chi connectivity index (χ4n) is 7.14. The maximum Gasteiger partial charge on any atom is 0.367 e. The van der Waals surface area contributed by atoms with Gasteiger partial charge >= 0.3 is 5.97 Å². The van der Waals surface area contributed by atoms with Crippen LogP contribution in [0.25, 0.3) is 0 Å². The summed E-state index contributed by atoms with van der Waals surface area (Å²) in [6.07, 6.45) is 18.6. The Morgan fingerprint density at radius 3 is 1.55 bits per heavy atom. The Balaban J connectivity index is 2.74. The van der Waals surface area contributed by atoms with Gasteiger partial charge in [-0.15, -0.1) is 0 Å². The van der Waals surface area contributed by atoms with Crippen LogP contribution < -0.4 is 5.32 Å². The number of aliphatic hydroxyl groups excluding tert-OH is 5. The number of hydrogen-bond donors (Lipinski definition) is 7. The summed E-state index contributed by atoms with van der Waals surface area (Å²) in [5.74, 6) is -5.37. The first-order valence-electron chi connectivity index (χ1n) is 21.9. The van der Waals surface area contributed by atoms with Crippen LogP contribution in [0.4, 0.5) is 0 Å². The molecule has 13 nitrogen and oxygen atoms in total. The number of unbranched alkanes of at least 4 members (excludes halogenated alkanes) is 22. The van der Waals surface area contributed by atoms with Crippen LogP contribution in [0.2, 0.25) is 0 Å². The third-order valence-electron chi connectivity index (χ3n) is 10.6. The van der Waals surface area contributed by atoms with E-state index in [0.717, 1.165) is 45.4 Å². The average Bonchev–Trinajstić information content (AvgIpc) is 3.17. The molecule has 0 aromatic heterocycles. The van der Waals surface area contributed by atoms with Crippen LogP contribution in [0.3, 0.4) is 0 Å². The zero-order valence-electron chi connectivity index (χ0n) is 34.7. The Labute approximate surface area is 332 Å². The first-order chi connectivity index (χ1) is 26.5. The summed E-state index contributed by atoms with van der Waals surface area (Å²) in [6, 6.07) is -1.53. The van der Waals surface area contributed by atoms with E-state index in [4.69, 9.17) is 18.9 Å². The minimum Gasteiger partial charge on any atom is -0.477 e. The molecule has 7 N–H and O–H groups in total. The van der Waals surface area contributed by atoms with Crippen LogP contribution in [-0.4, -0.2) is 124 Å². The highest BCUT2D eigenvalue weighted by molar-refractivity contribution is 5.77. The summed E-state index contributed by atoms with van der Waals surface area (Å²) in [7, 11) is 0. The van der Waals surface area contributed by atoms with Crippen molar-refractivity contribution in [1.82, 2.24) is 5.32 Å². The lowest BCUT2D eigenvalue weighted by atomic mass is 9.86. The molecule has 0 unspecified atom stereocenters. The highest BCUT2D eigenvalue weighted by Crippen LogP contribution is 2.34. The van der Waals surface area contributed by atoms with Crippen molar-refractivity contribution in [1.29, 1.82) is 0 Å². The van der Waals surface area contributed by atoms with Gasteiger partial charge in [-0.25, -0.2) is 4.79 Å². The first-order valence-corrected chi connectivity index (χ1v) is 21.9. The lowest BCUT2D eigenvalue weighted by Gasteiger charge is -2.49. The lowest BCUT2D eigenvalue weighted by molar-refractivity contribution is -0.351. The van der Waals surface area contributed by atoms with E-state index in [-0.39, 0.29) is 6.61 Å². The largest absolute Gasteiger partial charge is 0.477 e. The van der Waals surface area contributed by atoms with Crippen LogP contribution >= 0.6 is 0 Å². The van der Waals surface area contributed by atoms with Crippen molar-refractivity contribution in [3.8, 4) is 0 Å². The Morgan fingerprint density at radius 1 is 0.691 bits per heavy atom. The maximum atomic E-state index is 12.7. The molecule has 0 radical (unpaired) electrons. The molecule has 1 amide bonds. The summed E-state index contributed by atoms with van der Waals surface area (Å²) >= 11 is 0. The molecule has 0 aromatic rings. The minimum atomic E-state index is -2.90. The monoisotopic (exact) mass is 792 g/mol. The molecule has 55 heavy (non-hydrogen) atoms. The lowest BCUT2D eigenvalue weighted by Crippen LogP contribution is -2.74. The van der Waals surface area contributed by atoms with Crippen molar-refractivity contribution in [3.63, 3.8) is 0 Å². The number of carbonyl (C=O) groups excluding carboxylic acids is 1. The van der Waals surface area contributed by atoms with Crippen LogP contribution in [-0.2, 0) is 28.5 Å². The molecule has 13 heteroatoms. The smallest absolute Gasteiger partial charge is 0.367 e. The topological polar surface area (TPSA) is 204 Å². The second-order valence-electron chi connectivity index (χ2n) is 15.6. The van der Waals surface area contributed by atoms with Gasteiger partial charge < -0.3 is 54.9 Å². The molecule has 1 rings (SSSR count). The fourth-order valence-corrected chi connectivity index (χ4v) is 7.14. The summed E-state index contributed by atoms with van der Waals surface area (Å²) in [5.41, 5.74) is 0. The molecular weight excluding hydrogens is 710 g/mol. The highest BCUT2D eigenvalue weighted by Gasteiger charge is 2.62. The summed E-state index contributed by atoms with van der Waals surface area (Å²) in [4.78, 5) is 24.6. The number of rotatable bonds is 37. The zero-order valence-corrected chi connectivity index (χ0v) is 34.7. The number of amides is 1. The van der Waals surface area contributed by atoms with Gasteiger partial charge in [-0.05, 0) is 12.8 Å². The summed E-state index contributed by atoms with van der Waals surface area (Å²) in [6.45, 7) is 5.24. The molecule has 1 aliphatic heterocycles. The van der Waals surface area contributed by atoms with Crippen molar-refractivity contribution in [2.24, 2.45) is 0 Å². The molecule has 1 saturated heterocycles. The van der Waals surface area contributed by atoms with Gasteiger partial charge in [0.25, 0.3) is 5.79 Å². The SMILES string of the molecule is CCCCCCCCCCCCCCOC[C@H](CO[C@@]1(C(=O)O)O[C@@H]([C@H](O)[C@H](O)CO)[C@H](NC(C)=O)[C@@H](O)[C@@H]1O)OCCCCCCCCCCCCCC. The Hall–Kier alpha value is -1.42. The van der Waals surface area contributed by atoms with E-state index in [1.807, 2.05) is 0 Å². The number of hydrogen-bond acceptors (Lipinski definition) is 11. The van der Waals surface area contributed by atoms with E-state index in [1.165, 1.54) is 116 Å². The van der Waals surface area contributed by atoms with Crippen molar-refractivity contribution in [2.75, 3.05) is 33.0 Å². The van der Waals surface area contributed by atoms with Crippen molar-refractivity contribution in [3.05, 3.63) is 0 Å². The maximum absolute atomic E-state index is 12.7. The second kappa shape index (κ2) is 32.5. The molecule has 0 saturated carbocycles. The number of carbonyl (C=O) groups is 2. The third kappa shape index (κ3) is 21.8. The van der Waals surface area contributed by atoms with E-state index >= 15 is 0 Å². The Kier molecular flexibility index (Phi) is 30.5. The molecule has 8 atom stereocenters. The van der Waals surface area contributed by atoms with Gasteiger partial charge in [0.05, 0.1) is 25.9 Å². The molecule has 0 spiro atoms. The molecule has 1 heterocycles. The van der Waals surface area contributed by atoms with Crippen LogP contribution in [0.1, 0.15) is 175 Å². The van der Waals surface area contributed by atoms with E-state index in [9.17, 15) is 40.2 Å². The third-order valence-corrected chi connectivity index (χ3v) is 10.6. The number of aliphatic hydroxyl groups is 5. The quantitative estimate of drug-likeness (QED) is 0.0366. The molecular formula is C42H81NO12. The van der Waals surface area contributed by atoms with E-state index < -0.39 is 73.5 Å². The molecule has 326 valence electrons. The summed E-state index contributed by atoms with van der Waals surface area (Å²) < 4.78 is 23.5. The van der Waals surface area contributed by atoms with Gasteiger partial charge in [-0.2, -0.15) is 0 Å². The predicted octanol–water partition coefficient (Wildman–Crippen LogP) is 5.93. The van der Waals surface area contributed by atoms with E-state index in [2.05, 4.69) is 19.2 Å². The van der Waals surface area contributed by atoms with Crippen molar-refractivity contribution < 1.29 is 59.2 Å². The molecule has 0 aromatic carbocycles. The molecule has 1 aliphatic rings. The Morgan fingerprint density at radius 2 is 1.13 bits per heavy atom. The number of carboxylic acid groups (broad SMARTS) is 1. The second-order valence-corrected chi connectivity index (χ2v) is 15.6. The van der Waals surface area contributed by atoms with Crippen molar-refractivity contribution >= 4 is 11.9 Å². The number of carboxylic acids is 1. The molecule has 0 bridgehead atoms. The minimum absolute atomic E-state index is 0.0917. The van der Waals surface area contributed by atoms with Gasteiger partial charge in [0, 0.05) is 20.1 Å². The van der Waals surface area contributed by atoms with Gasteiger partial charge in [0.1, 0.15) is 36.6 Å². The fraction of sp³-hybridized carbons (Fsp3) is 0.952. The van der Waals surface area contributed by atoms with Gasteiger partial charge in [-0.3, -0.25) is 4.79 Å². The normalized spacial score (nSPS) is 23.1. The predicted molar refractivity (Wildman–Crippen MR) is 213 cm³/mol. The van der Waals surface area contributed by atoms with Gasteiger partial charge in [0.2, 0.25) is 5.91 Å². The molecule has 1 fully saturated rings. The highest BCUT2D eigenvalue weighted by atomic mass is 16.7. The van der Waals surface area contributed by atoms with Gasteiger partial charge in [-0.1, -0.05) is 155 Å². The standard InChI is InChI=1S/C42H81NO12/c1-4-6-8-10-12-14-16-18-20-22-24-26-28-52-31-34(53-29-27-25-23-21-19-17-15-13-11-9-7-5-2)32-54-42(41(50)51)40(49)38(48)36(43-33(3)45)39(55-42)37(47)35(46)30-44/h34-40,44,46-49H,4-32H2,1-3H3,(H,43,45)(H,50,51)/t34-,35-,36-,37-,38-,39-,40+,42-/m1/s1. The zero-order chi connectivity index (χ0) is 40.7. The van der Waals surface area contributed by atoms with Crippen LogP contribution in [0.5, 0.6) is 0 Å². The number of aliphatic carboxylic acids is 1.